The standard InChI is InChI=1S/C17H29NO3/c1-6-15(12(2)3)18-13(4)14-7-8-16(21-10-9-19)17(11-14)20-5/h7-8,11-13,15,18-19H,6,9-10H2,1-5H3/t13-,15+/m0/s1. The predicted molar refractivity (Wildman–Crippen MR) is 86.0 cm³/mol. The van der Waals surface area contributed by atoms with Crippen molar-refractivity contribution in [1.29, 1.82) is 0 Å². The summed E-state index contributed by atoms with van der Waals surface area (Å²) in [4.78, 5) is 0. The molecule has 0 heterocycles. The molecular weight excluding hydrogens is 266 g/mol. The monoisotopic (exact) mass is 295 g/mol. The largest absolute Gasteiger partial charge is 0.493 e. The van der Waals surface area contributed by atoms with E-state index in [2.05, 4.69) is 33.0 Å². The SMILES string of the molecule is CC[C@@H](N[C@@H](C)c1ccc(OCCO)c(OC)c1)C(C)C. The van der Waals surface area contributed by atoms with E-state index in [1.807, 2.05) is 18.2 Å². The summed E-state index contributed by atoms with van der Waals surface area (Å²) in [5.74, 6) is 1.97. The Hall–Kier alpha value is -1.26. The van der Waals surface area contributed by atoms with Gasteiger partial charge in [-0.15, -0.1) is 0 Å². The number of benzene rings is 1. The van der Waals surface area contributed by atoms with Gasteiger partial charge in [-0.2, -0.15) is 0 Å². The molecule has 0 amide bonds. The summed E-state index contributed by atoms with van der Waals surface area (Å²) in [5.41, 5.74) is 1.17. The van der Waals surface area contributed by atoms with Crippen molar-refractivity contribution in [2.45, 2.75) is 46.2 Å². The van der Waals surface area contributed by atoms with Crippen LogP contribution in [0.5, 0.6) is 11.5 Å². The molecule has 0 aromatic heterocycles. The third kappa shape index (κ3) is 5.21. The summed E-state index contributed by atoms with van der Waals surface area (Å²) in [6.45, 7) is 9.11. The fourth-order valence-electron chi connectivity index (χ4n) is 2.43. The van der Waals surface area contributed by atoms with Crippen molar-refractivity contribution in [1.82, 2.24) is 5.32 Å². The number of aliphatic hydroxyl groups is 1. The molecule has 120 valence electrons. The van der Waals surface area contributed by atoms with Crippen LogP contribution in [0.25, 0.3) is 0 Å². The fraction of sp³-hybridized carbons (Fsp3) is 0.647. The van der Waals surface area contributed by atoms with E-state index in [0.29, 0.717) is 23.5 Å². The molecule has 0 saturated carbocycles. The summed E-state index contributed by atoms with van der Waals surface area (Å²) in [6, 6.07) is 6.69. The number of rotatable bonds is 9. The van der Waals surface area contributed by atoms with Crippen LogP contribution in [-0.4, -0.2) is 31.5 Å². The van der Waals surface area contributed by atoms with Gasteiger partial charge in [-0.05, 0) is 37.0 Å². The number of nitrogens with one attached hydrogen (secondary N) is 1. The molecule has 1 aromatic carbocycles. The van der Waals surface area contributed by atoms with Crippen LogP contribution in [0.2, 0.25) is 0 Å². The topological polar surface area (TPSA) is 50.7 Å². The van der Waals surface area contributed by atoms with Crippen molar-refractivity contribution in [3.05, 3.63) is 23.8 Å². The Morgan fingerprint density at radius 2 is 1.90 bits per heavy atom. The van der Waals surface area contributed by atoms with Gasteiger partial charge in [0.1, 0.15) is 6.61 Å². The van der Waals surface area contributed by atoms with E-state index >= 15 is 0 Å². The van der Waals surface area contributed by atoms with E-state index in [4.69, 9.17) is 14.6 Å². The fourth-order valence-corrected chi connectivity index (χ4v) is 2.43. The molecular formula is C17H29NO3. The Labute approximate surface area is 128 Å². The van der Waals surface area contributed by atoms with Gasteiger partial charge in [0.2, 0.25) is 0 Å². The van der Waals surface area contributed by atoms with Gasteiger partial charge >= 0.3 is 0 Å². The number of hydrogen-bond donors (Lipinski definition) is 2. The summed E-state index contributed by atoms with van der Waals surface area (Å²) >= 11 is 0. The van der Waals surface area contributed by atoms with E-state index in [-0.39, 0.29) is 19.3 Å². The first-order chi connectivity index (χ1) is 10.0. The average Bonchev–Trinajstić information content (AvgIpc) is 2.49. The second kappa shape index (κ2) is 8.90. The first-order valence-electron chi connectivity index (χ1n) is 7.71. The normalized spacial score (nSPS) is 14.0. The zero-order valence-corrected chi connectivity index (χ0v) is 13.8. The predicted octanol–water partition coefficient (Wildman–Crippen LogP) is 3.15. The quantitative estimate of drug-likeness (QED) is 0.735. The highest BCUT2D eigenvalue weighted by molar-refractivity contribution is 5.43. The highest BCUT2D eigenvalue weighted by Gasteiger charge is 2.16. The summed E-state index contributed by atoms with van der Waals surface area (Å²) < 4.78 is 10.8. The number of ether oxygens (including phenoxy) is 2. The van der Waals surface area contributed by atoms with Crippen molar-refractivity contribution in [2.75, 3.05) is 20.3 Å². The Kier molecular flexibility index (Phi) is 7.54. The van der Waals surface area contributed by atoms with Crippen LogP contribution in [0.15, 0.2) is 18.2 Å². The van der Waals surface area contributed by atoms with Crippen molar-refractivity contribution >= 4 is 0 Å². The lowest BCUT2D eigenvalue weighted by Crippen LogP contribution is -2.35. The van der Waals surface area contributed by atoms with Gasteiger partial charge in [-0.1, -0.05) is 26.8 Å². The maximum Gasteiger partial charge on any atom is 0.161 e. The van der Waals surface area contributed by atoms with E-state index < -0.39 is 0 Å². The lowest BCUT2D eigenvalue weighted by molar-refractivity contribution is 0.196. The second-order valence-corrected chi connectivity index (χ2v) is 5.63. The maximum absolute atomic E-state index is 8.84. The Bertz CT molecular complexity index is 420. The van der Waals surface area contributed by atoms with Gasteiger partial charge in [0.25, 0.3) is 0 Å². The van der Waals surface area contributed by atoms with Gasteiger partial charge in [0.05, 0.1) is 13.7 Å². The van der Waals surface area contributed by atoms with Gasteiger partial charge < -0.3 is 19.9 Å². The minimum absolute atomic E-state index is 0.00453. The zero-order chi connectivity index (χ0) is 15.8. The summed E-state index contributed by atoms with van der Waals surface area (Å²) in [7, 11) is 1.63. The molecule has 0 fully saturated rings. The molecule has 4 nitrogen and oxygen atoms in total. The minimum Gasteiger partial charge on any atom is -0.493 e. The van der Waals surface area contributed by atoms with Crippen molar-refractivity contribution in [2.24, 2.45) is 5.92 Å². The summed E-state index contributed by atoms with van der Waals surface area (Å²) in [6.07, 6.45) is 1.11. The van der Waals surface area contributed by atoms with E-state index in [0.717, 1.165) is 6.42 Å². The Morgan fingerprint density at radius 3 is 2.43 bits per heavy atom. The molecule has 1 aromatic rings. The van der Waals surface area contributed by atoms with Crippen molar-refractivity contribution in [3.8, 4) is 11.5 Å². The first-order valence-corrected chi connectivity index (χ1v) is 7.71. The number of aliphatic hydroxyl groups excluding tert-OH is 1. The van der Waals surface area contributed by atoms with E-state index in [9.17, 15) is 0 Å². The smallest absolute Gasteiger partial charge is 0.161 e. The minimum atomic E-state index is -0.00453. The van der Waals surface area contributed by atoms with E-state index in [1.54, 1.807) is 7.11 Å². The van der Waals surface area contributed by atoms with Crippen LogP contribution in [0.1, 0.15) is 45.7 Å². The molecule has 1 rings (SSSR count). The molecule has 0 aliphatic rings. The van der Waals surface area contributed by atoms with Crippen LogP contribution < -0.4 is 14.8 Å². The van der Waals surface area contributed by atoms with Gasteiger partial charge in [0.15, 0.2) is 11.5 Å². The molecule has 4 heteroatoms. The molecule has 0 aliphatic carbocycles. The van der Waals surface area contributed by atoms with Gasteiger partial charge in [-0.25, -0.2) is 0 Å². The third-order valence-electron chi connectivity index (χ3n) is 3.75. The Morgan fingerprint density at radius 1 is 1.19 bits per heavy atom. The first kappa shape index (κ1) is 17.8. The second-order valence-electron chi connectivity index (χ2n) is 5.63. The van der Waals surface area contributed by atoms with Crippen LogP contribution in [0.3, 0.4) is 0 Å². The molecule has 0 aliphatic heterocycles. The number of methoxy groups -OCH3 is 1. The van der Waals surface area contributed by atoms with Crippen LogP contribution in [-0.2, 0) is 0 Å². The zero-order valence-electron chi connectivity index (χ0n) is 13.8. The molecule has 0 radical (unpaired) electrons. The Balaban J connectivity index is 2.82. The molecule has 21 heavy (non-hydrogen) atoms. The molecule has 2 atom stereocenters. The van der Waals surface area contributed by atoms with Crippen LogP contribution in [0.4, 0.5) is 0 Å². The third-order valence-corrected chi connectivity index (χ3v) is 3.75. The lowest BCUT2D eigenvalue weighted by Gasteiger charge is -2.26. The van der Waals surface area contributed by atoms with Crippen LogP contribution in [0, 0.1) is 5.92 Å². The molecule has 2 N–H and O–H groups in total. The maximum atomic E-state index is 8.84. The molecule has 0 saturated heterocycles. The number of hydrogen-bond acceptors (Lipinski definition) is 4. The highest BCUT2D eigenvalue weighted by atomic mass is 16.5. The molecule has 0 unspecified atom stereocenters. The summed E-state index contributed by atoms with van der Waals surface area (Å²) in [5, 5.41) is 12.5. The van der Waals surface area contributed by atoms with Gasteiger partial charge in [-0.3, -0.25) is 0 Å². The molecule has 0 bridgehead atoms. The highest BCUT2D eigenvalue weighted by Crippen LogP contribution is 2.30. The van der Waals surface area contributed by atoms with Gasteiger partial charge in [0, 0.05) is 12.1 Å². The van der Waals surface area contributed by atoms with Crippen molar-refractivity contribution < 1.29 is 14.6 Å². The average molecular weight is 295 g/mol. The lowest BCUT2D eigenvalue weighted by atomic mass is 9.99. The van der Waals surface area contributed by atoms with Crippen molar-refractivity contribution in [3.63, 3.8) is 0 Å². The van der Waals surface area contributed by atoms with E-state index in [1.165, 1.54) is 5.56 Å². The molecule has 0 spiro atoms. The van der Waals surface area contributed by atoms with Crippen LogP contribution >= 0.6 is 0 Å².